The molecule has 2 aromatic heterocycles. The Labute approximate surface area is 105 Å². The molecule has 0 aromatic carbocycles. The summed E-state index contributed by atoms with van der Waals surface area (Å²) in [6, 6.07) is 5.69. The third-order valence-electron chi connectivity index (χ3n) is 2.61. The van der Waals surface area contributed by atoms with Gasteiger partial charge in [0.2, 0.25) is 5.91 Å². The van der Waals surface area contributed by atoms with Gasteiger partial charge in [-0.1, -0.05) is 13.0 Å². The highest BCUT2D eigenvalue weighted by molar-refractivity contribution is 5.75. The van der Waals surface area contributed by atoms with Crippen LogP contribution in [0.3, 0.4) is 0 Å². The summed E-state index contributed by atoms with van der Waals surface area (Å²) in [6.45, 7) is 3.99. The highest BCUT2D eigenvalue weighted by atomic mass is 16.1. The molecule has 2 heterocycles. The summed E-state index contributed by atoms with van der Waals surface area (Å²) < 4.78 is 1.87. The summed E-state index contributed by atoms with van der Waals surface area (Å²) in [5.74, 6) is 0.756. The first kappa shape index (κ1) is 12.5. The molecule has 0 saturated heterocycles. The van der Waals surface area contributed by atoms with E-state index in [4.69, 9.17) is 0 Å². The molecule has 0 aliphatic carbocycles. The predicted molar refractivity (Wildman–Crippen MR) is 68.0 cm³/mol. The number of amides is 1. The number of nitrogens with one attached hydrogen (secondary N) is 2. The van der Waals surface area contributed by atoms with Gasteiger partial charge in [0.1, 0.15) is 0 Å². The van der Waals surface area contributed by atoms with Crippen LogP contribution in [0.25, 0.3) is 5.65 Å². The Hall–Kier alpha value is -1.95. The van der Waals surface area contributed by atoms with Crippen molar-refractivity contribution in [3.63, 3.8) is 0 Å². The second-order valence-corrected chi connectivity index (χ2v) is 3.93. The first-order chi connectivity index (χ1) is 8.81. The fourth-order valence-electron chi connectivity index (χ4n) is 1.66. The van der Waals surface area contributed by atoms with Crippen LogP contribution in [0.1, 0.15) is 19.2 Å². The molecule has 2 N–H and O–H groups in total. The summed E-state index contributed by atoms with van der Waals surface area (Å²) >= 11 is 0. The number of aromatic nitrogens is 3. The number of rotatable bonds is 6. The Bertz CT molecular complexity index is 522. The van der Waals surface area contributed by atoms with Gasteiger partial charge in [-0.25, -0.2) is 0 Å². The minimum atomic E-state index is 0.0173. The van der Waals surface area contributed by atoms with Gasteiger partial charge in [-0.2, -0.15) is 0 Å². The molecule has 6 heteroatoms. The van der Waals surface area contributed by atoms with E-state index in [1.54, 1.807) is 0 Å². The number of carbonyl (C=O) groups is 1. The Kier molecular flexibility index (Phi) is 4.25. The zero-order valence-electron chi connectivity index (χ0n) is 10.4. The Balaban J connectivity index is 1.88. The van der Waals surface area contributed by atoms with Crippen molar-refractivity contribution in [2.75, 3.05) is 13.1 Å². The topological polar surface area (TPSA) is 71.3 Å². The van der Waals surface area contributed by atoms with E-state index in [0.717, 1.165) is 18.0 Å². The fourth-order valence-corrected chi connectivity index (χ4v) is 1.66. The van der Waals surface area contributed by atoms with Gasteiger partial charge in [0.05, 0.1) is 6.54 Å². The third kappa shape index (κ3) is 3.04. The van der Waals surface area contributed by atoms with Crippen molar-refractivity contribution in [3.8, 4) is 0 Å². The van der Waals surface area contributed by atoms with Crippen LogP contribution in [0.2, 0.25) is 0 Å². The van der Waals surface area contributed by atoms with Crippen molar-refractivity contribution < 1.29 is 4.79 Å². The van der Waals surface area contributed by atoms with Gasteiger partial charge in [0.15, 0.2) is 11.5 Å². The molecule has 0 spiro atoms. The predicted octanol–water partition coefficient (Wildman–Crippen LogP) is 0.345. The van der Waals surface area contributed by atoms with Crippen LogP contribution in [0.15, 0.2) is 24.4 Å². The van der Waals surface area contributed by atoms with Crippen molar-refractivity contribution in [2.45, 2.75) is 19.9 Å². The smallest absolute Gasteiger partial charge is 0.221 e. The molecular weight excluding hydrogens is 230 g/mol. The van der Waals surface area contributed by atoms with Crippen LogP contribution in [0, 0.1) is 0 Å². The van der Waals surface area contributed by atoms with Crippen molar-refractivity contribution in [3.05, 3.63) is 30.2 Å². The lowest BCUT2D eigenvalue weighted by molar-refractivity contribution is -0.121. The van der Waals surface area contributed by atoms with Gasteiger partial charge < -0.3 is 10.6 Å². The molecule has 2 aromatic rings. The molecule has 6 nitrogen and oxygen atoms in total. The average molecular weight is 247 g/mol. The van der Waals surface area contributed by atoms with Crippen LogP contribution in [0.4, 0.5) is 0 Å². The van der Waals surface area contributed by atoms with Gasteiger partial charge in [-0.15, -0.1) is 10.2 Å². The lowest BCUT2D eigenvalue weighted by atomic mass is 10.4. The number of pyridine rings is 1. The molecule has 18 heavy (non-hydrogen) atoms. The monoisotopic (exact) mass is 247 g/mol. The van der Waals surface area contributed by atoms with E-state index >= 15 is 0 Å². The van der Waals surface area contributed by atoms with Crippen LogP contribution >= 0.6 is 0 Å². The molecule has 96 valence electrons. The van der Waals surface area contributed by atoms with E-state index in [9.17, 15) is 4.79 Å². The molecule has 0 aliphatic rings. The van der Waals surface area contributed by atoms with Crippen LogP contribution < -0.4 is 10.6 Å². The van der Waals surface area contributed by atoms with Crippen molar-refractivity contribution >= 4 is 11.6 Å². The largest absolute Gasteiger partial charge is 0.349 e. The zero-order chi connectivity index (χ0) is 12.8. The number of carbonyl (C=O) groups excluding carboxylic acids is 1. The summed E-state index contributed by atoms with van der Waals surface area (Å²) in [4.78, 5) is 11.5. The van der Waals surface area contributed by atoms with Gasteiger partial charge in [-0.05, 0) is 18.7 Å². The molecule has 0 atom stereocenters. The maximum Gasteiger partial charge on any atom is 0.221 e. The van der Waals surface area contributed by atoms with Crippen molar-refractivity contribution in [1.82, 2.24) is 25.2 Å². The Morgan fingerprint density at radius 2 is 2.28 bits per heavy atom. The van der Waals surface area contributed by atoms with E-state index in [2.05, 4.69) is 20.8 Å². The molecule has 2 rings (SSSR count). The van der Waals surface area contributed by atoms with E-state index in [0.29, 0.717) is 19.5 Å². The van der Waals surface area contributed by atoms with Gasteiger partial charge in [-0.3, -0.25) is 9.20 Å². The van der Waals surface area contributed by atoms with E-state index in [1.165, 1.54) is 0 Å². The summed E-state index contributed by atoms with van der Waals surface area (Å²) in [5.41, 5.74) is 0.786. The standard InChI is InChI=1S/C12H17N5O/c1-2-13-7-6-12(18)14-9-11-16-15-10-5-3-4-8-17(10)11/h3-5,8,13H,2,6-7,9H2,1H3,(H,14,18). The van der Waals surface area contributed by atoms with Gasteiger partial charge in [0, 0.05) is 19.2 Å². The first-order valence-electron chi connectivity index (χ1n) is 6.07. The number of hydrogen-bond acceptors (Lipinski definition) is 4. The van der Waals surface area contributed by atoms with Gasteiger partial charge >= 0.3 is 0 Å². The van der Waals surface area contributed by atoms with Crippen molar-refractivity contribution in [2.24, 2.45) is 0 Å². The maximum atomic E-state index is 11.5. The van der Waals surface area contributed by atoms with E-state index in [1.807, 2.05) is 35.7 Å². The fraction of sp³-hybridized carbons (Fsp3) is 0.417. The van der Waals surface area contributed by atoms with Gasteiger partial charge in [0.25, 0.3) is 0 Å². The molecule has 0 aliphatic heterocycles. The summed E-state index contributed by atoms with van der Waals surface area (Å²) in [5, 5.41) is 14.0. The summed E-state index contributed by atoms with van der Waals surface area (Å²) in [6.07, 6.45) is 2.36. The molecule has 0 saturated carbocycles. The van der Waals surface area contributed by atoms with Crippen molar-refractivity contribution in [1.29, 1.82) is 0 Å². The normalized spacial score (nSPS) is 10.7. The SMILES string of the molecule is CCNCCC(=O)NCc1nnc2ccccn12. The molecule has 1 amide bonds. The summed E-state index contributed by atoms with van der Waals surface area (Å²) in [7, 11) is 0. The molecule has 0 bridgehead atoms. The number of hydrogen-bond donors (Lipinski definition) is 2. The van der Waals surface area contributed by atoms with E-state index in [-0.39, 0.29) is 5.91 Å². The minimum absolute atomic E-state index is 0.0173. The van der Waals surface area contributed by atoms with Crippen LogP contribution in [-0.4, -0.2) is 33.6 Å². The molecule has 0 radical (unpaired) electrons. The number of nitrogens with zero attached hydrogens (tertiary/aromatic N) is 3. The molecular formula is C12H17N5O. The minimum Gasteiger partial charge on any atom is -0.349 e. The first-order valence-corrected chi connectivity index (χ1v) is 6.07. The van der Waals surface area contributed by atoms with Crippen LogP contribution in [-0.2, 0) is 11.3 Å². The lowest BCUT2D eigenvalue weighted by Gasteiger charge is -2.04. The number of fused-ring (bicyclic) bond motifs is 1. The highest BCUT2D eigenvalue weighted by Gasteiger charge is 2.06. The average Bonchev–Trinajstić information content (AvgIpc) is 2.80. The Morgan fingerprint density at radius 3 is 3.11 bits per heavy atom. The second-order valence-electron chi connectivity index (χ2n) is 3.93. The van der Waals surface area contributed by atoms with E-state index < -0.39 is 0 Å². The lowest BCUT2D eigenvalue weighted by Crippen LogP contribution is -2.27. The maximum absolute atomic E-state index is 11.5. The highest BCUT2D eigenvalue weighted by Crippen LogP contribution is 2.02. The zero-order valence-corrected chi connectivity index (χ0v) is 10.4. The quantitative estimate of drug-likeness (QED) is 0.722. The third-order valence-corrected chi connectivity index (χ3v) is 2.61. The molecule has 0 fully saturated rings. The second kappa shape index (κ2) is 6.11. The molecule has 0 unspecified atom stereocenters. The van der Waals surface area contributed by atoms with Crippen LogP contribution in [0.5, 0.6) is 0 Å². The Morgan fingerprint density at radius 1 is 1.39 bits per heavy atom.